The Kier molecular flexibility index (Phi) is 16.5. The first-order valence-corrected chi connectivity index (χ1v) is 16.7. The number of unbranched alkanes of at least 4 members (excludes halogenated alkanes) is 11. The van der Waals surface area contributed by atoms with Crippen LogP contribution in [0.3, 0.4) is 0 Å². The largest absolute Gasteiger partial charge is 0.360 e. The van der Waals surface area contributed by atoms with Crippen molar-refractivity contribution in [3.63, 3.8) is 0 Å². The van der Waals surface area contributed by atoms with E-state index in [1.54, 1.807) is 0 Å². The quantitative estimate of drug-likeness (QED) is 0.0925. The summed E-state index contributed by atoms with van der Waals surface area (Å²) in [5.41, 5.74) is 2.61. The van der Waals surface area contributed by atoms with Crippen molar-refractivity contribution in [3.05, 3.63) is 83.9 Å². The molecule has 0 unspecified atom stereocenters. The highest BCUT2D eigenvalue weighted by atomic mass is 32.1. The van der Waals surface area contributed by atoms with E-state index in [4.69, 9.17) is 0 Å². The number of rotatable bonds is 22. The van der Waals surface area contributed by atoms with Crippen molar-refractivity contribution in [2.45, 2.75) is 109 Å². The maximum Gasteiger partial charge on any atom is 0.226 e. The normalized spacial score (nSPS) is 11.4. The van der Waals surface area contributed by atoms with Crippen molar-refractivity contribution in [1.82, 2.24) is 10.2 Å². The molecule has 0 bridgehead atoms. The van der Waals surface area contributed by atoms with Crippen molar-refractivity contribution in [1.29, 1.82) is 0 Å². The van der Waals surface area contributed by atoms with E-state index < -0.39 is 0 Å². The van der Waals surface area contributed by atoms with Crippen LogP contribution in [-0.2, 0) is 4.79 Å². The lowest BCUT2D eigenvalue weighted by molar-refractivity contribution is -0.116. The molecule has 0 aliphatic heterocycles. The van der Waals surface area contributed by atoms with Gasteiger partial charge in [-0.25, -0.2) is 0 Å². The molecule has 2 aromatic carbocycles. The van der Waals surface area contributed by atoms with Gasteiger partial charge in [-0.3, -0.25) is 4.79 Å². The fraction of sp³-hybridized carbons (Fsp3) is 0.514. The first kappa shape index (κ1) is 32.5. The molecule has 222 valence electrons. The summed E-state index contributed by atoms with van der Waals surface area (Å²) in [6.45, 7) is 3.04. The zero-order valence-electron chi connectivity index (χ0n) is 25.0. The molecule has 1 heterocycles. The van der Waals surface area contributed by atoms with Crippen molar-refractivity contribution in [3.8, 4) is 0 Å². The molecule has 0 aliphatic carbocycles. The van der Waals surface area contributed by atoms with Gasteiger partial charge in [-0.2, -0.15) is 0 Å². The number of carbonyl (C=O) groups is 1. The van der Waals surface area contributed by atoms with Crippen LogP contribution >= 0.6 is 11.3 Å². The van der Waals surface area contributed by atoms with Gasteiger partial charge in [-0.05, 0) is 49.7 Å². The summed E-state index contributed by atoms with van der Waals surface area (Å²) in [5, 5.41) is 16.0. The average molecular weight is 575 g/mol. The van der Waals surface area contributed by atoms with Crippen LogP contribution in [0.5, 0.6) is 0 Å². The average Bonchev–Trinajstić information content (AvgIpc) is 3.45. The summed E-state index contributed by atoms with van der Waals surface area (Å²) in [5.74, 6) is 0.335. The Morgan fingerprint density at radius 1 is 0.732 bits per heavy atom. The Morgan fingerprint density at radius 2 is 1.27 bits per heavy atom. The Hall–Kier alpha value is -2.99. The molecule has 1 aromatic heterocycles. The molecule has 3 rings (SSSR count). The predicted octanol–water partition coefficient (Wildman–Crippen LogP) is 10.1. The predicted molar refractivity (Wildman–Crippen MR) is 176 cm³/mol. The lowest BCUT2D eigenvalue weighted by Crippen LogP contribution is -2.10. The Morgan fingerprint density at radius 3 is 1.88 bits per heavy atom. The molecule has 6 heteroatoms. The molecule has 0 radical (unpaired) electrons. The van der Waals surface area contributed by atoms with Gasteiger partial charge in [-0.1, -0.05) is 142 Å². The third-order valence-electron chi connectivity index (χ3n) is 7.45. The first-order valence-electron chi connectivity index (χ1n) is 15.9. The number of nitrogens with zero attached hydrogens (tertiary/aromatic N) is 2. The van der Waals surface area contributed by atoms with E-state index in [0.717, 1.165) is 30.9 Å². The fourth-order valence-electron chi connectivity index (χ4n) is 5.10. The second-order valence-corrected chi connectivity index (χ2v) is 11.9. The standard InChI is InChI=1S/C35H50N4OS/c1-2-3-4-5-6-7-8-9-10-11-12-13-14-15-22-27-33(40)37-35-39-38-34(41-35)36-29-28-32(30-23-18-16-19-24-30)31-25-20-17-21-26-31/h9-10,16-21,23-26,32H,2-8,11-15,22,27-29H2,1H3,(H,36,38)(H,37,39,40). The van der Waals surface area contributed by atoms with Crippen LogP contribution in [0.15, 0.2) is 72.8 Å². The minimum Gasteiger partial charge on any atom is -0.360 e. The van der Waals surface area contributed by atoms with E-state index in [1.807, 2.05) is 0 Å². The van der Waals surface area contributed by atoms with Gasteiger partial charge in [0.25, 0.3) is 0 Å². The molecule has 41 heavy (non-hydrogen) atoms. The van der Waals surface area contributed by atoms with Crippen LogP contribution in [0.25, 0.3) is 0 Å². The van der Waals surface area contributed by atoms with Crippen molar-refractivity contribution in [2.75, 3.05) is 17.2 Å². The SMILES string of the molecule is CCCCCCCCC=CCCCCCCCC(=O)Nc1nnc(NCCC(c2ccccc2)c2ccccc2)s1. The Balaban J connectivity index is 1.23. The van der Waals surface area contributed by atoms with E-state index in [-0.39, 0.29) is 5.91 Å². The summed E-state index contributed by atoms with van der Waals surface area (Å²) in [4.78, 5) is 12.4. The van der Waals surface area contributed by atoms with E-state index >= 15 is 0 Å². The molecular weight excluding hydrogens is 524 g/mol. The molecule has 0 fully saturated rings. The van der Waals surface area contributed by atoms with Crippen LogP contribution in [0, 0.1) is 0 Å². The molecule has 5 nitrogen and oxygen atoms in total. The summed E-state index contributed by atoms with van der Waals surface area (Å²) in [6.07, 6.45) is 22.5. The second kappa shape index (κ2) is 20.8. The molecule has 2 N–H and O–H groups in total. The van der Waals surface area contributed by atoms with Gasteiger partial charge in [0.05, 0.1) is 0 Å². The number of nitrogens with one attached hydrogen (secondary N) is 2. The number of carbonyl (C=O) groups excluding carboxylic acids is 1. The highest BCUT2D eigenvalue weighted by Gasteiger charge is 2.14. The molecular formula is C35H50N4OS. The lowest BCUT2D eigenvalue weighted by atomic mass is 9.88. The number of hydrogen-bond donors (Lipinski definition) is 2. The van der Waals surface area contributed by atoms with Crippen LogP contribution in [0.1, 0.15) is 120 Å². The second-order valence-electron chi connectivity index (χ2n) is 10.9. The van der Waals surface area contributed by atoms with Gasteiger partial charge in [0.15, 0.2) is 0 Å². The molecule has 3 aromatic rings. The van der Waals surface area contributed by atoms with E-state index in [1.165, 1.54) is 93.1 Å². The zero-order chi connectivity index (χ0) is 28.8. The number of allylic oxidation sites excluding steroid dienone is 2. The number of aromatic nitrogens is 2. The van der Waals surface area contributed by atoms with Crippen LogP contribution in [0.4, 0.5) is 10.3 Å². The van der Waals surface area contributed by atoms with Crippen LogP contribution in [-0.4, -0.2) is 22.6 Å². The summed E-state index contributed by atoms with van der Waals surface area (Å²) >= 11 is 1.40. The molecule has 0 saturated carbocycles. The molecule has 1 amide bonds. The Labute approximate surface area is 252 Å². The van der Waals surface area contributed by atoms with Gasteiger partial charge >= 0.3 is 0 Å². The van der Waals surface area contributed by atoms with E-state index in [2.05, 4.69) is 101 Å². The van der Waals surface area contributed by atoms with Crippen molar-refractivity contribution in [2.24, 2.45) is 0 Å². The van der Waals surface area contributed by atoms with E-state index in [0.29, 0.717) is 17.5 Å². The smallest absolute Gasteiger partial charge is 0.226 e. The third kappa shape index (κ3) is 14.0. The number of hydrogen-bond acceptors (Lipinski definition) is 5. The number of amides is 1. The maximum atomic E-state index is 12.4. The topological polar surface area (TPSA) is 66.9 Å². The maximum absolute atomic E-state index is 12.4. The first-order chi connectivity index (χ1) is 20.3. The zero-order valence-corrected chi connectivity index (χ0v) is 25.8. The van der Waals surface area contributed by atoms with Gasteiger partial charge < -0.3 is 10.6 Å². The summed E-state index contributed by atoms with van der Waals surface area (Å²) in [6, 6.07) is 21.2. The van der Waals surface area contributed by atoms with Gasteiger partial charge in [-0.15, -0.1) is 10.2 Å². The highest BCUT2D eigenvalue weighted by Crippen LogP contribution is 2.28. The minimum atomic E-state index is 0.0264. The third-order valence-corrected chi connectivity index (χ3v) is 8.25. The molecule has 0 atom stereocenters. The number of anilines is 2. The molecule has 0 saturated heterocycles. The van der Waals surface area contributed by atoms with E-state index in [9.17, 15) is 4.79 Å². The lowest BCUT2D eigenvalue weighted by Gasteiger charge is -2.18. The van der Waals surface area contributed by atoms with Gasteiger partial charge in [0.2, 0.25) is 16.2 Å². The van der Waals surface area contributed by atoms with Gasteiger partial charge in [0, 0.05) is 18.9 Å². The Bertz CT molecular complexity index is 1060. The number of benzene rings is 2. The van der Waals surface area contributed by atoms with Crippen molar-refractivity contribution < 1.29 is 4.79 Å². The highest BCUT2D eigenvalue weighted by molar-refractivity contribution is 7.19. The van der Waals surface area contributed by atoms with Crippen LogP contribution < -0.4 is 10.6 Å². The monoisotopic (exact) mass is 574 g/mol. The van der Waals surface area contributed by atoms with Crippen LogP contribution in [0.2, 0.25) is 0 Å². The fourth-order valence-corrected chi connectivity index (χ4v) is 5.79. The van der Waals surface area contributed by atoms with Gasteiger partial charge in [0.1, 0.15) is 0 Å². The minimum absolute atomic E-state index is 0.0264. The van der Waals surface area contributed by atoms with Crippen molar-refractivity contribution >= 4 is 27.5 Å². The summed E-state index contributed by atoms with van der Waals surface area (Å²) < 4.78 is 0. The summed E-state index contributed by atoms with van der Waals surface area (Å²) in [7, 11) is 0. The molecule has 0 aliphatic rings. The molecule has 0 spiro atoms.